The van der Waals surface area contributed by atoms with Crippen LogP contribution in [-0.4, -0.2) is 17.6 Å². The summed E-state index contributed by atoms with van der Waals surface area (Å²) in [6.45, 7) is 0.401. The van der Waals surface area contributed by atoms with Crippen LogP contribution in [0.3, 0.4) is 0 Å². The maximum atomic E-state index is 14.7. The van der Waals surface area contributed by atoms with Crippen LogP contribution in [0.4, 0.5) is 8.78 Å². The lowest BCUT2D eigenvalue weighted by atomic mass is 9.86. The summed E-state index contributed by atoms with van der Waals surface area (Å²) in [5, 5.41) is 0.756. The molecule has 0 radical (unpaired) electrons. The van der Waals surface area contributed by atoms with E-state index in [9.17, 15) is 8.78 Å². The number of benzene rings is 2. The van der Waals surface area contributed by atoms with Gasteiger partial charge in [0.25, 0.3) is 0 Å². The number of fused-ring (bicyclic) bond motifs is 3. The smallest absolute Gasteiger partial charge is 0.165 e. The van der Waals surface area contributed by atoms with E-state index in [0.717, 1.165) is 29.6 Å². The summed E-state index contributed by atoms with van der Waals surface area (Å²) in [5.41, 5.74) is 0.380. The van der Waals surface area contributed by atoms with E-state index in [2.05, 4.69) is 0 Å². The number of rotatable bonds is 2. The molecule has 2 atom stereocenters. The van der Waals surface area contributed by atoms with Crippen LogP contribution in [0.5, 0.6) is 5.75 Å². The Balaban J connectivity index is 1.85. The van der Waals surface area contributed by atoms with Gasteiger partial charge in [0.15, 0.2) is 11.6 Å². The predicted molar refractivity (Wildman–Crippen MR) is 96.3 cm³/mol. The maximum Gasteiger partial charge on any atom is 0.165 e. The Morgan fingerprint density at radius 2 is 1.88 bits per heavy atom. The molecule has 0 spiro atoms. The highest BCUT2D eigenvalue weighted by Gasteiger charge is 2.50. The standard InChI is InChI=1S/C18H15ClF2OS2/c19-11-2-4-12(5-3-11)24-18-8-1-9-23-15(18)10-22-17-14(21)7-6-13(20)16(17)18/h2-7,15H,1,8-10H2/t15-,18+/m1/s1. The van der Waals surface area contributed by atoms with Crippen molar-refractivity contribution in [2.24, 2.45) is 0 Å². The normalized spacial score (nSPS) is 25.5. The minimum Gasteiger partial charge on any atom is -0.489 e. The highest BCUT2D eigenvalue weighted by Crippen LogP contribution is 2.59. The zero-order valence-corrected chi connectivity index (χ0v) is 15.1. The van der Waals surface area contributed by atoms with Gasteiger partial charge in [-0.05, 0) is 55.0 Å². The van der Waals surface area contributed by atoms with Crippen molar-refractivity contribution in [3.8, 4) is 5.75 Å². The molecule has 24 heavy (non-hydrogen) atoms. The molecule has 0 amide bonds. The Hall–Kier alpha value is -0.910. The lowest BCUT2D eigenvalue weighted by Crippen LogP contribution is -2.45. The van der Waals surface area contributed by atoms with Gasteiger partial charge >= 0.3 is 0 Å². The predicted octanol–water partition coefficient (Wildman–Crippen LogP) is 5.89. The molecule has 126 valence electrons. The summed E-state index contributed by atoms with van der Waals surface area (Å²) in [6, 6.07) is 9.88. The molecule has 2 heterocycles. The van der Waals surface area contributed by atoms with Crippen molar-refractivity contribution in [3.63, 3.8) is 0 Å². The zero-order valence-electron chi connectivity index (χ0n) is 12.7. The van der Waals surface area contributed by atoms with Crippen molar-refractivity contribution in [2.45, 2.75) is 27.7 Å². The topological polar surface area (TPSA) is 9.23 Å². The Bertz CT molecular complexity index is 768. The van der Waals surface area contributed by atoms with E-state index in [4.69, 9.17) is 16.3 Å². The Morgan fingerprint density at radius 1 is 1.12 bits per heavy atom. The van der Waals surface area contributed by atoms with Gasteiger partial charge in [0.2, 0.25) is 0 Å². The fourth-order valence-electron chi connectivity index (χ4n) is 3.43. The largest absolute Gasteiger partial charge is 0.489 e. The first kappa shape index (κ1) is 16.6. The molecule has 2 aliphatic rings. The highest BCUT2D eigenvalue weighted by atomic mass is 35.5. The van der Waals surface area contributed by atoms with E-state index < -0.39 is 10.6 Å². The number of ether oxygens (including phenoxy) is 1. The number of halogens is 3. The van der Waals surface area contributed by atoms with E-state index in [-0.39, 0.29) is 16.8 Å². The van der Waals surface area contributed by atoms with Gasteiger partial charge in [0, 0.05) is 9.92 Å². The molecule has 0 aliphatic carbocycles. The molecule has 1 fully saturated rings. The van der Waals surface area contributed by atoms with Gasteiger partial charge in [-0.2, -0.15) is 11.8 Å². The van der Waals surface area contributed by atoms with Crippen molar-refractivity contribution in [3.05, 3.63) is 58.6 Å². The zero-order chi connectivity index (χ0) is 16.7. The minimum atomic E-state index is -0.517. The third-order valence-corrected chi connectivity index (χ3v) is 7.94. The first-order valence-corrected chi connectivity index (χ1v) is 10.0. The van der Waals surface area contributed by atoms with Crippen LogP contribution in [-0.2, 0) is 4.75 Å². The molecule has 6 heteroatoms. The maximum absolute atomic E-state index is 14.7. The van der Waals surface area contributed by atoms with Gasteiger partial charge in [-0.25, -0.2) is 8.78 Å². The first-order valence-electron chi connectivity index (χ1n) is 7.77. The van der Waals surface area contributed by atoms with E-state index in [1.54, 1.807) is 23.5 Å². The Labute approximate surface area is 153 Å². The fourth-order valence-corrected chi connectivity index (χ4v) is 6.60. The third-order valence-electron chi connectivity index (χ3n) is 4.51. The van der Waals surface area contributed by atoms with Gasteiger partial charge in [-0.3, -0.25) is 0 Å². The van der Waals surface area contributed by atoms with Gasteiger partial charge in [0.05, 0.1) is 15.6 Å². The van der Waals surface area contributed by atoms with Crippen LogP contribution >= 0.6 is 35.1 Å². The molecule has 0 aromatic heterocycles. The molecule has 0 saturated carbocycles. The number of hydrogen-bond acceptors (Lipinski definition) is 3. The molecule has 0 bridgehead atoms. The second-order valence-electron chi connectivity index (χ2n) is 5.95. The molecule has 4 rings (SSSR count). The summed E-state index contributed by atoms with van der Waals surface area (Å²) < 4.78 is 34.1. The molecular formula is C18H15ClF2OS2. The molecule has 2 aromatic carbocycles. The summed E-state index contributed by atoms with van der Waals surface area (Å²) in [5.74, 6) is 0.218. The molecular weight excluding hydrogens is 370 g/mol. The van der Waals surface area contributed by atoms with Crippen molar-refractivity contribution < 1.29 is 13.5 Å². The van der Waals surface area contributed by atoms with Crippen LogP contribution < -0.4 is 4.74 Å². The average Bonchev–Trinajstić information content (AvgIpc) is 2.59. The minimum absolute atomic E-state index is 0.0789. The van der Waals surface area contributed by atoms with Crippen LogP contribution in [0, 0.1) is 11.6 Å². The Kier molecular flexibility index (Phi) is 4.43. The van der Waals surface area contributed by atoms with Crippen LogP contribution in [0.2, 0.25) is 5.02 Å². The van der Waals surface area contributed by atoms with E-state index in [1.807, 2.05) is 24.3 Å². The number of thioether (sulfide) groups is 2. The Morgan fingerprint density at radius 3 is 2.67 bits per heavy atom. The highest BCUT2D eigenvalue weighted by molar-refractivity contribution is 8.04. The lowest BCUT2D eigenvalue weighted by Gasteiger charge is -2.47. The van der Waals surface area contributed by atoms with E-state index in [1.165, 1.54) is 6.07 Å². The summed E-state index contributed by atoms with van der Waals surface area (Å²) in [6.07, 6.45) is 1.77. The second-order valence-corrected chi connectivity index (χ2v) is 9.10. The molecule has 2 aromatic rings. The van der Waals surface area contributed by atoms with Crippen molar-refractivity contribution in [1.82, 2.24) is 0 Å². The van der Waals surface area contributed by atoms with Gasteiger partial charge < -0.3 is 4.74 Å². The quantitative estimate of drug-likeness (QED) is 0.638. The average molecular weight is 385 g/mol. The van der Waals surface area contributed by atoms with Crippen LogP contribution in [0.1, 0.15) is 18.4 Å². The third kappa shape index (κ3) is 2.71. The summed E-state index contributed by atoms with van der Waals surface area (Å²) >= 11 is 9.36. The van der Waals surface area contributed by atoms with Gasteiger partial charge in [-0.1, -0.05) is 11.6 Å². The molecule has 0 unspecified atom stereocenters. The molecule has 1 nitrogen and oxygen atoms in total. The monoisotopic (exact) mass is 384 g/mol. The van der Waals surface area contributed by atoms with Crippen LogP contribution in [0.25, 0.3) is 0 Å². The van der Waals surface area contributed by atoms with Crippen molar-refractivity contribution in [1.29, 1.82) is 0 Å². The summed E-state index contributed by atoms with van der Waals surface area (Å²) in [4.78, 5) is 1.00. The lowest BCUT2D eigenvalue weighted by molar-refractivity contribution is 0.237. The molecule has 1 saturated heterocycles. The molecule has 0 N–H and O–H groups in total. The van der Waals surface area contributed by atoms with Crippen molar-refractivity contribution in [2.75, 3.05) is 12.4 Å². The fraction of sp³-hybridized carbons (Fsp3) is 0.333. The summed E-state index contributed by atoms with van der Waals surface area (Å²) in [7, 11) is 0. The number of hydrogen-bond donors (Lipinski definition) is 0. The molecule has 2 aliphatic heterocycles. The van der Waals surface area contributed by atoms with Crippen molar-refractivity contribution >= 4 is 35.1 Å². The van der Waals surface area contributed by atoms with E-state index in [0.29, 0.717) is 17.2 Å². The SMILES string of the molecule is Fc1ccc(F)c2c1OC[C@H]1SCCC[C@@]21Sc1ccc(Cl)cc1. The second kappa shape index (κ2) is 6.43. The first-order chi connectivity index (χ1) is 11.6. The van der Waals surface area contributed by atoms with Gasteiger partial charge in [0.1, 0.15) is 12.4 Å². The van der Waals surface area contributed by atoms with Gasteiger partial charge in [-0.15, -0.1) is 11.8 Å². The van der Waals surface area contributed by atoms with Crippen LogP contribution in [0.15, 0.2) is 41.3 Å². The van der Waals surface area contributed by atoms with E-state index >= 15 is 0 Å².